The summed E-state index contributed by atoms with van der Waals surface area (Å²) in [6.07, 6.45) is 4.57. The molecule has 2 unspecified atom stereocenters. The number of hydrogen-bond donors (Lipinski definition) is 2. The second-order valence-corrected chi connectivity index (χ2v) is 9.87. The van der Waals surface area contributed by atoms with Gasteiger partial charge in [0, 0.05) is 26.2 Å². The fourth-order valence-corrected chi connectivity index (χ4v) is 6.26. The zero-order valence-corrected chi connectivity index (χ0v) is 19.7. The highest BCUT2D eigenvalue weighted by molar-refractivity contribution is 5.98. The van der Waals surface area contributed by atoms with Gasteiger partial charge in [0.25, 0.3) is 0 Å². The third-order valence-corrected chi connectivity index (χ3v) is 7.71. The first-order valence-electron chi connectivity index (χ1n) is 12.1. The van der Waals surface area contributed by atoms with Crippen LogP contribution in [-0.2, 0) is 25.7 Å². The van der Waals surface area contributed by atoms with Gasteiger partial charge >= 0.3 is 5.97 Å². The number of benzene rings is 1. The third kappa shape index (κ3) is 3.92. The van der Waals surface area contributed by atoms with Gasteiger partial charge in [0.2, 0.25) is 11.8 Å². The fraction of sp³-hybridized carbons (Fsp3) is 0.577. The van der Waals surface area contributed by atoms with Crippen molar-refractivity contribution in [2.24, 2.45) is 11.8 Å². The van der Waals surface area contributed by atoms with E-state index in [-0.39, 0.29) is 18.4 Å². The number of aliphatic hydroxyl groups is 1. The number of amides is 2. The van der Waals surface area contributed by atoms with E-state index in [9.17, 15) is 19.5 Å². The lowest BCUT2D eigenvalue weighted by atomic mass is 9.66. The second kappa shape index (κ2) is 9.50. The average Bonchev–Trinajstić information content (AvgIpc) is 3.37. The van der Waals surface area contributed by atoms with Gasteiger partial charge in [-0.25, -0.2) is 0 Å². The molecule has 5 atom stereocenters. The number of aliphatic hydroxyl groups excluding tert-OH is 1. The van der Waals surface area contributed by atoms with Gasteiger partial charge in [-0.05, 0) is 44.6 Å². The Morgan fingerprint density at radius 3 is 2.62 bits per heavy atom. The van der Waals surface area contributed by atoms with Gasteiger partial charge < -0.3 is 24.7 Å². The molecule has 0 aromatic heterocycles. The van der Waals surface area contributed by atoms with Gasteiger partial charge in [-0.15, -0.1) is 6.58 Å². The van der Waals surface area contributed by atoms with Crippen LogP contribution >= 0.6 is 0 Å². The van der Waals surface area contributed by atoms with E-state index in [1.54, 1.807) is 22.8 Å². The molecule has 3 aliphatic heterocycles. The summed E-state index contributed by atoms with van der Waals surface area (Å²) in [6, 6.07) is 8.73. The molecule has 8 heteroatoms. The van der Waals surface area contributed by atoms with Gasteiger partial charge in [0.1, 0.15) is 11.6 Å². The van der Waals surface area contributed by atoms with Crippen molar-refractivity contribution in [3.8, 4) is 0 Å². The Bertz CT molecular complexity index is 952. The van der Waals surface area contributed by atoms with E-state index < -0.39 is 35.0 Å². The van der Waals surface area contributed by atoms with Crippen LogP contribution in [0.2, 0.25) is 0 Å². The van der Waals surface area contributed by atoms with Crippen LogP contribution in [0.4, 0.5) is 0 Å². The summed E-state index contributed by atoms with van der Waals surface area (Å²) >= 11 is 0. The monoisotopic (exact) mass is 470 g/mol. The van der Waals surface area contributed by atoms with Crippen molar-refractivity contribution in [1.82, 2.24) is 9.80 Å². The van der Waals surface area contributed by atoms with Gasteiger partial charge in [0.15, 0.2) is 0 Å². The SMILES string of the molecule is C=CCN(Cc1ccccc1)C(=O)C1N(CCCCCO)C(=O)[C@@H]2[C@H](C(=O)O)[C@]3(C)CCC12O3. The molecule has 1 aromatic carbocycles. The summed E-state index contributed by atoms with van der Waals surface area (Å²) in [5.74, 6) is -3.46. The largest absolute Gasteiger partial charge is 0.481 e. The Morgan fingerprint density at radius 2 is 1.97 bits per heavy atom. The molecule has 2 bridgehead atoms. The van der Waals surface area contributed by atoms with Gasteiger partial charge in [-0.2, -0.15) is 0 Å². The molecule has 0 saturated carbocycles. The Morgan fingerprint density at radius 1 is 1.24 bits per heavy atom. The number of rotatable bonds is 11. The number of carboxylic acids is 1. The van der Waals surface area contributed by atoms with Crippen LogP contribution in [0.5, 0.6) is 0 Å². The summed E-state index contributed by atoms with van der Waals surface area (Å²) in [5.41, 5.74) is -1.15. The van der Waals surface area contributed by atoms with Crippen LogP contribution in [0, 0.1) is 11.8 Å². The highest BCUT2D eigenvalue weighted by atomic mass is 16.5. The van der Waals surface area contributed by atoms with Crippen molar-refractivity contribution in [2.75, 3.05) is 19.7 Å². The lowest BCUT2D eigenvalue weighted by Crippen LogP contribution is -2.56. The standard InChI is InChI=1S/C26H34N2O6/c1-3-14-27(17-18-10-6-4-7-11-18)23(31)21-26-13-12-25(2,34-26)20(24(32)33)19(26)22(30)28(21)15-8-5-9-16-29/h3-4,6-7,10-11,19-21,29H,1,5,8-9,12-17H2,2H3,(H,32,33)/t19-,20+,21?,25-,26?/m0/s1. The maximum atomic E-state index is 14.1. The molecule has 8 nitrogen and oxygen atoms in total. The zero-order chi connectivity index (χ0) is 24.5. The maximum Gasteiger partial charge on any atom is 0.310 e. The van der Waals surface area contributed by atoms with E-state index in [1.165, 1.54) is 0 Å². The Balaban J connectivity index is 1.70. The van der Waals surface area contributed by atoms with Gasteiger partial charge in [-0.1, -0.05) is 36.4 Å². The van der Waals surface area contributed by atoms with Crippen molar-refractivity contribution in [3.63, 3.8) is 0 Å². The van der Waals surface area contributed by atoms with Gasteiger partial charge in [-0.3, -0.25) is 14.4 Å². The Hall–Kier alpha value is -2.71. The number of unbranched alkanes of at least 4 members (excludes halogenated alkanes) is 2. The van der Waals surface area contributed by atoms with Gasteiger partial charge in [0.05, 0.1) is 17.4 Å². The number of hydrogen-bond acceptors (Lipinski definition) is 5. The first kappa shape index (κ1) is 24.4. The first-order valence-corrected chi connectivity index (χ1v) is 12.1. The predicted molar refractivity (Wildman–Crippen MR) is 125 cm³/mol. The number of carbonyl (C=O) groups is 3. The Labute approximate surface area is 200 Å². The Kier molecular flexibility index (Phi) is 6.82. The quantitative estimate of drug-likeness (QED) is 0.379. The van der Waals surface area contributed by atoms with E-state index in [4.69, 9.17) is 9.84 Å². The van der Waals surface area contributed by atoms with Crippen molar-refractivity contribution in [3.05, 3.63) is 48.6 Å². The third-order valence-electron chi connectivity index (χ3n) is 7.71. The molecule has 2 N–H and O–H groups in total. The number of likely N-dealkylation sites (tertiary alicyclic amines) is 1. The summed E-state index contributed by atoms with van der Waals surface area (Å²) in [7, 11) is 0. The molecule has 34 heavy (non-hydrogen) atoms. The number of nitrogens with zero attached hydrogens (tertiary/aromatic N) is 2. The minimum atomic E-state index is -1.14. The molecule has 3 heterocycles. The first-order chi connectivity index (χ1) is 16.3. The van der Waals surface area contributed by atoms with Crippen LogP contribution in [0.3, 0.4) is 0 Å². The van der Waals surface area contributed by atoms with Crippen LogP contribution < -0.4 is 0 Å². The van der Waals surface area contributed by atoms with E-state index in [0.717, 1.165) is 5.56 Å². The molecule has 3 aliphatic rings. The van der Waals surface area contributed by atoms with E-state index in [1.807, 2.05) is 30.3 Å². The summed E-state index contributed by atoms with van der Waals surface area (Å²) in [4.78, 5) is 43.3. The minimum Gasteiger partial charge on any atom is -0.481 e. The molecule has 2 amide bonds. The zero-order valence-electron chi connectivity index (χ0n) is 19.7. The summed E-state index contributed by atoms with van der Waals surface area (Å²) < 4.78 is 6.43. The summed E-state index contributed by atoms with van der Waals surface area (Å²) in [6.45, 7) is 6.61. The number of aliphatic carboxylic acids is 1. The normalized spacial score (nSPS) is 31.5. The number of carbonyl (C=O) groups excluding carboxylic acids is 2. The molecular formula is C26H34N2O6. The smallest absolute Gasteiger partial charge is 0.310 e. The van der Waals surface area contributed by atoms with Crippen molar-refractivity contribution in [2.45, 2.75) is 62.8 Å². The lowest BCUT2D eigenvalue weighted by Gasteiger charge is -2.37. The number of fused-ring (bicyclic) bond motifs is 1. The van der Waals surface area contributed by atoms with Crippen LogP contribution in [0.25, 0.3) is 0 Å². The average molecular weight is 471 g/mol. The molecule has 1 aromatic rings. The van der Waals surface area contributed by atoms with Crippen molar-refractivity contribution < 1.29 is 29.3 Å². The van der Waals surface area contributed by atoms with E-state index in [2.05, 4.69) is 6.58 Å². The topological polar surface area (TPSA) is 107 Å². The lowest BCUT2D eigenvalue weighted by molar-refractivity contribution is -0.156. The van der Waals surface area contributed by atoms with Crippen LogP contribution in [0.1, 0.15) is 44.6 Å². The maximum absolute atomic E-state index is 14.1. The molecule has 0 radical (unpaired) electrons. The molecule has 3 saturated heterocycles. The molecular weight excluding hydrogens is 436 g/mol. The predicted octanol–water partition coefficient (Wildman–Crippen LogP) is 2.21. The number of ether oxygens (including phenoxy) is 1. The van der Waals surface area contributed by atoms with Crippen molar-refractivity contribution >= 4 is 17.8 Å². The molecule has 0 aliphatic carbocycles. The van der Waals surface area contributed by atoms with Crippen LogP contribution in [0.15, 0.2) is 43.0 Å². The summed E-state index contributed by atoms with van der Waals surface area (Å²) in [5, 5.41) is 19.1. The molecule has 184 valence electrons. The minimum absolute atomic E-state index is 0.0651. The van der Waals surface area contributed by atoms with E-state index >= 15 is 0 Å². The van der Waals surface area contributed by atoms with E-state index in [0.29, 0.717) is 51.7 Å². The van der Waals surface area contributed by atoms with Crippen LogP contribution in [-0.4, -0.2) is 74.7 Å². The second-order valence-electron chi connectivity index (χ2n) is 9.87. The molecule has 3 fully saturated rings. The van der Waals surface area contributed by atoms with Crippen molar-refractivity contribution in [1.29, 1.82) is 0 Å². The number of carboxylic acid groups (broad SMARTS) is 1. The fourth-order valence-electron chi connectivity index (χ4n) is 6.26. The highest BCUT2D eigenvalue weighted by Crippen LogP contribution is 2.63. The molecule has 4 rings (SSSR count). The molecule has 1 spiro atoms. The highest BCUT2D eigenvalue weighted by Gasteiger charge is 2.78.